The van der Waals surface area contributed by atoms with Crippen molar-refractivity contribution in [1.29, 1.82) is 0 Å². The molecule has 0 N–H and O–H groups in total. The SMILES string of the molecule is COc1ccc(C)cc1C(Cl)C1CCOCC1C. The lowest BCUT2D eigenvalue weighted by Gasteiger charge is -2.33. The monoisotopic (exact) mass is 268 g/mol. The van der Waals surface area contributed by atoms with Crippen molar-refractivity contribution in [3.63, 3.8) is 0 Å². The number of methoxy groups -OCH3 is 1. The molecule has 0 bridgehead atoms. The van der Waals surface area contributed by atoms with Gasteiger partial charge < -0.3 is 9.47 Å². The summed E-state index contributed by atoms with van der Waals surface area (Å²) in [6, 6.07) is 6.20. The second kappa shape index (κ2) is 5.94. The highest BCUT2D eigenvalue weighted by Crippen LogP contribution is 2.42. The first kappa shape index (κ1) is 13.7. The van der Waals surface area contributed by atoms with E-state index in [2.05, 4.69) is 26.0 Å². The van der Waals surface area contributed by atoms with Crippen LogP contribution in [0.25, 0.3) is 0 Å². The molecule has 1 fully saturated rings. The highest BCUT2D eigenvalue weighted by atomic mass is 35.5. The maximum atomic E-state index is 6.70. The van der Waals surface area contributed by atoms with Crippen molar-refractivity contribution < 1.29 is 9.47 Å². The summed E-state index contributed by atoms with van der Waals surface area (Å²) >= 11 is 6.70. The van der Waals surface area contributed by atoms with Crippen LogP contribution in [0, 0.1) is 18.8 Å². The van der Waals surface area contributed by atoms with E-state index in [9.17, 15) is 0 Å². The lowest BCUT2D eigenvalue weighted by molar-refractivity contribution is 0.0226. The van der Waals surface area contributed by atoms with Crippen molar-refractivity contribution in [2.75, 3.05) is 20.3 Å². The quantitative estimate of drug-likeness (QED) is 0.773. The largest absolute Gasteiger partial charge is 0.496 e. The summed E-state index contributed by atoms with van der Waals surface area (Å²) in [4.78, 5) is 0. The molecule has 1 aliphatic rings. The zero-order chi connectivity index (χ0) is 13.1. The second-order valence-electron chi connectivity index (χ2n) is 5.15. The molecule has 3 atom stereocenters. The highest BCUT2D eigenvalue weighted by molar-refractivity contribution is 6.21. The van der Waals surface area contributed by atoms with Crippen LogP contribution >= 0.6 is 11.6 Å². The van der Waals surface area contributed by atoms with E-state index >= 15 is 0 Å². The van der Waals surface area contributed by atoms with Crippen LogP contribution in [0.15, 0.2) is 18.2 Å². The molecule has 2 rings (SSSR count). The minimum absolute atomic E-state index is 0.00116. The Balaban J connectivity index is 2.26. The molecule has 2 nitrogen and oxygen atoms in total. The van der Waals surface area contributed by atoms with E-state index in [4.69, 9.17) is 21.1 Å². The number of halogens is 1. The van der Waals surface area contributed by atoms with Crippen molar-refractivity contribution in [3.8, 4) is 5.75 Å². The molecule has 0 radical (unpaired) electrons. The third-order valence-electron chi connectivity index (χ3n) is 3.77. The van der Waals surface area contributed by atoms with Gasteiger partial charge in [0.1, 0.15) is 5.75 Å². The Morgan fingerprint density at radius 1 is 1.44 bits per heavy atom. The predicted octanol–water partition coefficient (Wildman–Crippen LogP) is 3.96. The molecule has 3 unspecified atom stereocenters. The number of ether oxygens (including phenoxy) is 2. The molecule has 100 valence electrons. The Bertz CT molecular complexity index is 405. The van der Waals surface area contributed by atoms with Crippen molar-refractivity contribution in [3.05, 3.63) is 29.3 Å². The molecule has 1 heterocycles. The summed E-state index contributed by atoms with van der Waals surface area (Å²) in [6.45, 7) is 5.91. The molecule has 3 heteroatoms. The van der Waals surface area contributed by atoms with Gasteiger partial charge in [0.2, 0.25) is 0 Å². The smallest absolute Gasteiger partial charge is 0.123 e. The Hall–Kier alpha value is -0.730. The number of alkyl halides is 1. The van der Waals surface area contributed by atoms with E-state index in [1.165, 1.54) is 5.56 Å². The van der Waals surface area contributed by atoms with Gasteiger partial charge in [-0.25, -0.2) is 0 Å². The first-order chi connectivity index (χ1) is 8.63. The number of hydrogen-bond acceptors (Lipinski definition) is 2. The molecule has 1 aromatic carbocycles. The molecular formula is C15H21ClO2. The Morgan fingerprint density at radius 2 is 2.22 bits per heavy atom. The van der Waals surface area contributed by atoms with Gasteiger partial charge in [0.15, 0.2) is 0 Å². The molecule has 0 spiro atoms. The van der Waals surface area contributed by atoms with Crippen LogP contribution in [-0.2, 0) is 4.74 Å². The van der Waals surface area contributed by atoms with Gasteiger partial charge in [0, 0.05) is 18.8 Å². The highest BCUT2D eigenvalue weighted by Gasteiger charge is 2.31. The van der Waals surface area contributed by atoms with Crippen LogP contribution in [0.4, 0.5) is 0 Å². The molecule has 1 saturated heterocycles. The Labute approximate surface area is 114 Å². The van der Waals surface area contributed by atoms with E-state index in [1.54, 1.807) is 7.11 Å². The minimum Gasteiger partial charge on any atom is -0.496 e. The molecule has 0 aromatic heterocycles. The summed E-state index contributed by atoms with van der Waals surface area (Å²) in [5.74, 6) is 1.84. The summed E-state index contributed by atoms with van der Waals surface area (Å²) in [6.07, 6.45) is 1.02. The van der Waals surface area contributed by atoms with E-state index in [-0.39, 0.29) is 5.38 Å². The summed E-state index contributed by atoms with van der Waals surface area (Å²) < 4.78 is 10.9. The van der Waals surface area contributed by atoms with Gasteiger partial charge in [-0.3, -0.25) is 0 Å². The number of aryl methyl sites for hydroxylation is 1. The fourth-order valence-electron chi connectivity index (χ4n) is 2.63. The lowest BCUT2D eigenvalue weighted by Crippen LogP contribution is -2.28. The molecular weight excluding hydrogens is 248 g/mol. The van der Waals surface area contributed by atoms with Crippen LogP contribution in [-0.4, -0.2) is 20.3 Å². The van der Waals surface area contributed by atoms with Gasteiger partial charge in [0.25, 0.3) is 0 Å². The van der Waals surface area contributed by atoms with Gasteiger partial charge in [-0.05, 0) is 31.2 Å². The molecule has 1 aliphatic heterocycles. The van der Waals surface area contributed by atoms with Gasteiger partial charge in [-0.2, -0.15) is 0 Å². The van der Waals surface area contributed by atoms with E-state index in [0.717, 1.165) is 30.9 Å². The standard InChI is InChI=1S/C15H21ClO2/c1-10-4-5-14(17-3)13(8-10)15(16)12-6-7-18-9-11(12)2/h4-5,8,11-12,15H,6-7,9H2,1-3H3. The van der Waals surface area contributed by atoms with E-state index in [0.29, 0.717) is 11.8 Å². The van der Waals surface area contributed by atoms with Crippen LogP contribution in [0.1, 0.15) is 29.8 Å². The van der Waals surface area contributed by atoms with Crippen LogP contribution in [0.3, 0.4) is 0 Å². The van der Waals surface area contributed by atoms with Gasteiger partial charge in [-0.15, -0.1) is 11.6 Å². The average molecular weight is 269 g/mol. The van der Waals surface area contributed by atoms with E-state index < -0.39 is 0 Å². The third kappa shape index (κ3) is 2.81. The summed E-state index contributed by atoms with van der Waals surface area (Å²) in [5.41, 5.74) is 2.33. The Kier molecular flexibility index (Phi) is 4.52. The van der Waals surface area contributed by atoms with Crippen LogP contribution in [0.2, 0.25) is 0 Å². The summed E-state index contributed by atoms with van der Waals surface area (Å²) in [7, 11) is 1.70. The van der Waals surface area contributed by atoms with Gasteiger partial charge >= 0.3 is 0 Å². The zero-order valence-corrected chi connectivity index (χ0v) is 12.0. The van der Waals surface area contributed by atoms with E-state index in [1.807, 2.05) is 6.07 Å². The number of benzene rings is 1. The molecule has 18 heavy (non-hydrogen) atoms. The fourth-order valence-corrected chi connectivity index (χ4v) is 3.18. The predicted molar refractivity (Wildman–Crippen MR) is 74.4 cm³/mol. The van der Waals surface area contributed by atoms with Crippen molar-refractivity contribution in [2.24, 2.45) is 11.8 Å². The lowest BCUT2D eigenvalue weighted by atomic mass is 9.83. The van der Waals surface area contributed by atoms with Crippen LogP contribution < -0.4 is 4.74 Å². The van der Waals surface area contributed by atoms with Crippen molar-refractivity contribution in [1.82, 2.24) is 0 Å². The molecule has 0 aliphatic carbocycles. The first-order valence-electron chi connectivity index (χ1n) is 6.50. The Morgan fingerprint density at radius 3 is 2.89 bits per heavy atom. The topological polar surface area (TPSA) is 18.5 Å². The fraction of sp³-hybridized carbons (Fsp3) is 0.600. The number of hydrogen-bond donors (Lipinski definition) is 0. The number of rotatable bonds is 3. The maximum absolute atomic E-state index is 6.70. The van der Waals surface area contributed by atoms with Gasteiger partial charge in [-0.1, -0.05) is 24.6 Å². The average Bonchev–Trinajstić information content (AvgIpc) is 2.38. The molecule has 1 aromatic rings. The van der Waals surface area contributed by atoms with Crippen molar-refractivity contribution >= 4 is 11.6 Å². The van der Waals surface area contributed by atoms with Crippen LogP contribution in [0.5, 0.6) is 5.75 Å². The molecule has 0 amide bonds. The maximum Gasteiger partial charge on any atom is 0.123 e. The van der Waals surface area contributed by atoms with Gasteiger partial charge in [0.05, 0.1) is 12.5 Å². The zero-order valence-electron chi connectivity index (χ0n) is 11.3. The summed E-state index contributed by atoms with van der Waals surface area (Å²) in [5, 5.41) is -0.00116. The molecule has 0 saturated carbocycles. The minimum atomic E-state index is -0.00116. The first-order valence-corrected chi connectivity index (χ1v) is 6.93. The third-order valence-corrected chi connectivity index (χ3v) is 4.32. The second-order valence-corrected chi connectivity index (χ2v) is 5.62. The normalized spacial score (nSPS) is 25.8. The van der Waals surface area contributed by atoms with Crippen molar-refractivity contribution in [2.45, 2.75) is 25.6 Å².